The molecular formula is C12H14FNO. The molecule has 0 atom stereocenters. The Balaban J connectivity index is 1.97. The number of likely N-dealkylation sites (tertiary alicyclic amines) is 1. The fourth-order valence-corrected chi connectivity index (χ4v) is 1.83. The fraction of sp³-hybridized carbons (Fsp3) is 0.417. The molecule has 1 aliphatic rings. The molecule has 0 spiro atoms. The van der Waals surface area contributed by atoms with Crippen LogP contribution in [0.4, 0.5) is 4.39 Å². The van der Waals surface area contributed by atoms with Crippen molar-refractivity contribution in [1.82, 2.24) is 4.90 Å². The van der Waals surface area contributed by atoms with Crippen LogP contribution in [-0.4, -0.2) is 23.8 Å². The molecule has 0 aliphatic carbocycles. The van der Waals surface area contributed by atoms with E-state index in [-0.39, 0.29) is 5.82 Å². The Kier molecular flexibility index (Phi) is 3.11. The first-order valence-electron chi connectivity index (χ1n) is 5.23. The van der Waals surface area contributed by atoms with Gasteiger partial charge in [0.15, 0.2) is 0 Å². The highest BCUT2D eigenvalue weighted by atomic mass is 19.1. The molecule has 0 N–H and O–H groups in total. The highest BCUT2D eigenvalue weighted by Gasteiger charge is 2.16. The van der Waals surface area contributed by atoms with E-state index < -0.39 is 0 Å². The van der Waals surface area contributed by atoms with E-state index in [4.69, 9.17) is 0 Å². The molecule has 15 heavy (non-hydrogen) atoms. The van der Waals surface area contributed by atoms with E-state index >= 15 is 0 Å². The highest BCUT2D eigenvalue weighted by Crippen LogP contribution is 2.13. The van der Waals surface area contributed by atoms with Crippen LogP contribution < -0.4 is 0 Å². The zero-order chi connectivity index (χ0) is 10.7. The van der Waals surface area contributed by atoms with E-state index in [0.29, 0.717) is 30.7 Å². The van der Waals surface area contributed by atoms with Gasteiger partial charge in [-0.25, -0.2) is 4.39 Å². The topological polar surface area (TPSA) is 20.3 Å². The van der Waals surface area contributed by atoms with Gasteiger partial charge in [-0.1, -0.05) is 18.2 Å². The average molecular weight is 207 g/mol. The Morgan fingerprint density at radius 1 is 1.20 bits per heavy atom. The molecule has 1 aromatic carbocycles. The lowest BCUT2D eigenvalue weighted by molar-refractivity contribution is -0.121. The van der Waals surface area contributed by atoms with E-state index in [2.05, 4.69) is 4.90 Å². The first kappa shape index (κ1) is 10.3. The second kappa shape index (κ2) is 4.53. The van der Waals surface area contributed by atoms with Crippen LogP contribution in [0.2, 0.25) is 0 Å². The maximum absolute atomic E-state index is 13.3. The Morgan fingerprint density at radius 3 is 2.53 bits per heavy atom. The summed E-state index contributed by atoms with van der Waals surface area (Å²) in [6.45, 7) is 2.13. The third kappa shape index (κ3) is 2.63. The molecule has 80 valence electrons. The van der Waals surface area contributed by atoms with Crippen molar-refractivity contribution in [1.29, 1.82) is 0 Å². The first-order valence-corrected chi connectivity index (χ1v) is 5.23. The fourth-order valence-electron chi connectivity index (χ4n) is 1.83. The second-order valence-corrected chi connectivity index (χ2v) is 3.91. The lowest BCUT2D eigenvalue weighted by Gasteiger charge is -2.25. The molecule has 0 amide bonds. The lowest BCUT2D eigenvalue weighted by Crippen LogP contribution is -2.33. The molecule has 3 heteroatoms. The lowest BCUT2D eigenvalue weighted by atomic mass is 10.1. The number of hydrogen-bond donors (Lipinski definition) is 0. The standard InChI is InChI=1S/C12H14FNO/c13-12-4-2-1-3-10(12)9-14-7-5-11(15)6-8-14/h1-4H,5-9H2. The number of carbonyl (C=O) groups excluding carboxylic acids is 1. The van der Waals surface area contributed by atoms with Gasteiger partial charge in [-0.3, -0.25) is 9.69 Å². The van der Waals surface area contributed by atoms with E-state index in [9.17, 15) is 9.18 Å². The summed E-state index contributed by atoms with van der Waals surface area (Å²) in [4.78, 5) is 13.2. The van der Waals surface area contributed by atoms with Crippen molar-refractivity contribution in [3.05, 3.63) is 35.6 Å². The van der Waals surface area contributed by atoms with Crippen LogP contribution in [0.25, 0.3) is 0 Å². The Bertz CT molecular complexity index is 354. The third-order valence-corrected chi connectivity index (χ3v) is 2.77. The molecule has 1 saturated heterocycles. The quantitative estimate of drug-likeness (QED) is 0.739. The molecular weight excluding hydrogens is 193 g/mol. The molecule has 1 fully saturated rings. The molecule has 0 unspecified atom stereocenters. The van der Waals surface area contributed by atoms with Gasteiger partial charge in [0.1, 0.15) is 11.6 Å². The van der Waals surface area contributed by atoms with Crippen molar-refractivity contribution < 1.29 is 9.18 Å². The minimum absolute atomic E-state index is 0.158. The zero-order valence-electron chi connectivity index (χ0n) is 8.58. The number of rotatable bonds is 2. The predicted molar refractivity (Wildman–Crippen MR) is 55.9 cm³/mol. The first-order chi connectivity index (χ1) is 7.25. The van der Waals surface area contributed by atoms with Crippen LogP contribution in [0.15, 0.2) is 24.3 Å². The minimum Gasteiger partial charge on any atom is -0.300 e. The summed E-state index contributed by atoms with van der Waals surface area (Å²) < 4.78 is 13.3. The van der Waals surface area contributed by atoms with Gasteiger partial charge in [0.2, 0.25) is 0 Å². The summed E-state index contributed by atoms with van der Waals surface area (Å²) >= 11 is 0. The van der Waals surface area contributed by atoms with E-state index in [1.54, 1.807) is 12.1 Å². The maximum Gasteiger partial charge on any atom is 0.135 e. The van der Waals surface area contributed by atoms with Crippen molar-refractivity contribution in [3.8, 4) is 0 Å². The maximum atomic E-state index is 13.3. The molecule has 0 saturated carbocycles. The Labute approximate surface area is 88.7 Å². The summed E-state index contributed by atoms with van der Waals surface area (Å²) in [5, 5.41) is 0. The molecule has 1 aromatic rings. The summed E-state index contributed by atoms with van der Waals surface area (Å²) in [6, 6.07) is 6.81. The minimum atomic E-state index is -0.158. The van der Waals surface area contributed by atoms with E-state index in [1.807, 2.05) is 6.07 Å². The summed E-state index contributed by atoms with van der Waals surface area (Å²) in [7, 11) is 0. The number of piperidine rings is 1. The van der Waals surface area contributed by atoms with Gasteiger partial charge in [-0.05, 0) is 6.07 Å². The number of hydrogen-bond acceptors (Lipinski definition) is 2. The van der Waals surface area contributed by atoms with Gasteiger partial charge in [0, 0.05) is 38.0 Å². The van der Waals surface area contributed by atoms with Crippen molar-refractivity contribution in [2.75, 3.05) is 13.1 Å². The SMILES string of the molecule is O=C1CCN(Cc2ccccc2F)CC1. The number of halogens is 1. The van der Waals surface area contributed by atoms with Gasteiger partial charge >= 0.3 is 0 Å². The normalized spacial score (nSPS) is 18.1. The number of benzene rings is 1. The van der Waals surface area contributed by atoms with Crippen molar-refractivity contribution in [3.63, 3.8) is 0 Å². The van der Waals surface area contributed by atoms with E-state index in [1.165, 1.54) is 6.07 Å². The Morgan fingerprint density at radius 2 is 1.87 bits per heavy atom. The summed E-state index contributed by atoms with van der Waals surface area (Å²) in [5.74, 6) is 0.161. The van der Waals surface area contributed by atoms with Crippen LogP contribution in [0.3, 0.4) is 0 Å². The van der Waals surface area contributed by atoms with Crippen LogP contribution in [0, 0.1) is 5.82 Å². The van der Waals surface area contributed by atoms with Crippen LogP contribution >= 0.6 is 0 Å². The van der Waals surface area contributed by atoms with Crippen molar-refractivity contribution in [2.45, 2.75) is 19.4 Å². The largest absolute Gasteiger partial charge is 0.300 e. The number of nitrogens with zero attached hydrogens (tertiary/aromatic N) is 1. The van der Waals surface area contributed by atoms with Crippen LogP contribution in [0.1, 0.15) is 18.4 Å². The molecule has 0 bridgehead atoms. The average Bonchev–Trinajstić information content (AvgIpc) is 2.25. The summed E-state index contributed by atoms with van der Waals surface area (Å²) in [6.07, 6.45) is 1.21. The second-order valence-electron chi connectivity index (χ2n) is 3.91. The number of carbonyl (C=O) groups is 1. The van der Waals surface area contributed by atoms with Gasteiger partial charge in [-0.15, -0.1) is 0 Å². The molecule has 2 rings (SSSR count). The molecule has 2 nitrogen and oxygen atoms in total. The van der Waals surface area contributed by atoms with Crippen molar-refractivity contribution >= 4 is 5.78 Å². The van der Waals surface area contributed by atoms with Crippen LogP contribution in [0.5, 0.6) is 0 Å². The smallest absolute Gasteiger partial charge is 0.135 e. The van der Waals surface area contributed by atoms with Gasteiger partial charge < -0.3 is 0 Å². The van der Waals surface area contributed by atoms with Gasteiger partial charge in [0.25, 0.3) is 0 Å². The molecule has 0 aromatic heterocycles. The molecule has 1 heterocycles. The monoisotopic (exact) mass is 207 g/mol. The molecule has 1 aliphatic heterocycles. The summed E-state index contributed by atoms with van der Waals surface area (Å²) in [5.41, 5.74) is 0.715. The third-order valence-electron chi connectivity index (χ3n) is 2.77. The predicted octanol–water partition coefficient (Wildman–Crippen LogP) is 1.99. The Hall–Kier alpha value is -1.22. The zero-order valence-corrected chi connectivity index (χ0v) is 8.58. The number of ketones is 1. The molecule has 0 radical (unpaired) electrons. The highest BCUT2D eigenvalue weighted by molar-refractivity contribution is 5.79. The number of Topliss-reactive ketones (excluding diaryl/α,β-unsaturated/α-hetero) is 1. The van der Waals surface area contributed by atoms with Crippen molar-refractivity contribution in [2.24, 2.45) is 0 Å². The van der Waals surface area contributed by atoms with Gasteiger partial charge in [-0.2, -0.15) is 0 Å². The van der Waals surface area contributed by atoms with Crippen LogP contribution in [-0.2, 0) is 11.3 Å². The van der Waals surface area contributed by atoms with E-state index in [0.717, 1.165) is 13.1 Å². The van der Waals surface area contributed by atoms with Gasteiger partial charge in [0.05, 0.1) is 0 Å².